The summed E-state index contributed by atoms with van der Waals surface area (Å²) in [6, 6.07) is 0.151. The molecule has 0 aromatic rings. The Kier molecular flexibility index (Phi) is 6.60. The lowest BCUT2D eigenvalue weighted by Gasteiger charge is -2.38. The summed E-state index contributed by atoms with van der Waals surface area (Å²) in [7, 11) is 0. The number of carboxylic acid groups (broad SMARTS) is 1. The van der Waals surface area contributed by atoms with Crippen molar-refractivity contribution < 1.29 is 14.7 Å². The average Bonchev–Trinajstić information content (AvgIpc) is 2.64. The predicted octanol–water partition coefficient (Wildman–Crippen LogP) is 4.02. The van der Waals surface area contributed by atoms with Crippen LogP contribution in [0.5, 0.6) is 0 Å². The Hall–Kier alpha value is -1.26. The summed E-state index contributed by atoms with van der Waals surface area (Å²) in [5, 5.41) is 12.4. The smallest absolute Gasteiger partial charge is 0.407 e. The first-order valence-corrected chi connectivity index (χ1v) is 10.4. The van der Waals surface area contributed by atoms with Gasteiger partial charge in [0.05, 0.1) is 0 Å². The Morgan fingerprint density at radius 1 is 0.800 bits per heavy atom. The van der Waals surface area contributed by atoms with E-state index in [1.807, 2.05) is 0 Å². The van der Waals surface area contributed by atoms with Gasteiger partial charge in [-0.25, -0.2) is 4.79 Å². The molecule has 0 spiro atoms. The van der Waals surface area contributed by atoms with E-state index in [4.69, 9.17) is 5.11 Å². The van der Waals surface area contributed by atoms with E-state index >= 15 is 0 Å². The van der Waals surface area contributed by atoms with Gasteiger partial charge >= 0.3 is 6.09 Å². The van der Waals surface area contributed by atoms with Gasteiger partial charge in [0, 0.05) is 25.0 Å². The number of carbonyl (C=O) groups excluding carboxylic acids is 1. The zero-order valence-electron chi connectivity index (χ0n) is 15.4. The molecule has 0 bridgehead atoms. The second-order valence-electron chi connectivity index (χ2n) is 8.37. The summed E-state index contributed by atoms with van der Waals surface area (Å²) in [5.74, 6) is 1.59. The summed E-state index contributed by atoms with van der Waals surface area (Å²) >= 11 is 0. The minimum atomic E-state index is -0.841. The molecule has 2 aliphatic carbocycles. The van der Waals surface area contributed by atoms with Crippen LogP contribution >= 0.6 is 0 Å². The number of piperidine rings is 1. The van der Waals surface area contributed by atoms with E-state index < -0.39 is 6.09 Å². The third kappa shape index (κ3) is 4.89. The van der Waals surface area contributed by atoms with E-state index in [0.29, 0.717) is 24.9 Å². The molecular formula is C20H34N2O3. The van der Waals surface area contributed by atoms with Crippen molar-refractivity contribution in [2.45, 2.75) is 83.1 Å². The number of nitrogens with zero attached hydrogens (tertiary/aromatic N) is 1. The van der Waals surface area contributed by atoms with E-state index in [-0.39, 0.29) is 17.9 Å². The van der Waals surface area contributed by atoms with Crippen molar-refractivity contribution >= 4 is 12.0 Å². The molecule has 0 radical (unpaired) electrons. The van der Waals surface area contributed by atoms with Crippen LogP contribution in [0.2, 0.25) is 0 Å². The number of hydrogen-bond acceptors (Lipinski definition) is 2. The highest BCUT2D eigenvalue weighted by Crippen LogP contribution is 2.40. The lowest BCUT2D eigenvalue weighted by Crippen LogP contribution is -2.49. The lowest BCUT2D eigenvalue weighted by atomic mass is 9.69. The monoisotopic (exact) mass is 350 g/mol. The molecule has 3 aliphatic rings. The second-order valence-corrected chi connectivity index (χ2v) is 8.37. The largest absolute Gasteiger partial charge is 0.465 e. The van der Waals surface area contributed by atoms with Gasteiger partial charge in [0.1, 0.15) is 0 Å². The molecule has 2 amide bonds. The van der Waals surface area contributed by atoms with Crippen LogP contribution in [0.15, 0.2) is 0 Å². The standard InChI is InChI=1S/C20H34N2O3/c23-19(21-17-11-13-22(14-12-17)20(24)25)18(15-7-3-1-4-8-15)16-9-5-2-6-10-16/h15-18H,1-14H2,(H,21,23)(H,24,25). The molecule has 2 N–H and O–H groups in total. The molecule has 3 fully saturated rings. The Balaban J connectivity index is 1.59. The van der Waals surface area contributed by atoms with E-state index in [0.717, 1.165) is 12.8 Å². The van der Waals surface area contributed by atoms with Gasteiger partial charge in [-0.1, -0.05) is 38.5 Å². The summed E-state index contributed by atoms with van der Waals surface area (Å²) in [5.41, 5.74) is 0. The molecule has 0 aromatic carbocycles. The second kappa shape index (κ2) is 8.91. The maximum atomic E-state index is 13.2. The molecule has 0 unspecified atom stereocenters. The van der Waals surface area contributed by atoms with Crippen molar-refractivity contribution in [2.75, 3.05) is 13.1 Å². The first kappa shape index (κ1) is 18.5. The number of carbonyl (C=O) groups is 2. The SMILES string of the molecule is O=C(NC1CCN(C(=O)O)CC1)C(C1CCCCC1)C1CCCCC1. The first-order chi connectivity index (χ1) is 12.1. The van der Waals surface area contributed by atoms with E-state index in [1.54, 1.807) is 0 Å². The summed E-state index contributed by atoms with van der Waals surface area (Å²) in [6.07, 6.45) is 13.3. The number of rotatable bonds is 4. The van der Waals surface area contributed by atoms with Crippen molar-refractivity contribution in [1.29, 1.82) is 0 Å². The molecule has 142 valence electrons. The van der Waals surface area contributed by atoms with Crippen LogP contribution in [0.25, 0.3) is 0 Å². The van der Waals surface area contributed by atoms with Crippen LogP contribution in [0, 0.1) is 17.8 Å². The Morgan fingerprint density at radius 3 is 1.72 bits per heavy atom. The summed E-state index contributed by atoms with van der Waals surface area (Å²) in [4.78, 5) is 25.7. The highest BCUT2D eigenvalue weighted by Gasteiger charge is 2.37. The fourth-order valence-electron chi connectivity index (χ4n) is 5.31. The average molecular weight is 351 g/mol. The van der Waals surface area contributed by atoms with E-state index in [9.17, 15) is 9.59 Å². The van der Waals surface area contributed by atoms with Gasteiger partial charge in [0.25, 0.3) is 0 Å². The minimum Gasteiger partial charge on any atom is -0.465 e. The fourth-order valence-corrected chi connectivity index (χ4v) is 5.31. The Morgan fingerprint density at radius 2 is 1.28 bits per heavy atom. The van der Waals surface area contributed by atoms with E-state index in [1.165, 1.54) is 69.1 Å². The predicted molar refractivity (Wildman–Crippen MR) is 97.4 cm³/mol. The van der Waals surface area contributed by atoms with Crippen molar-refractivity contribution in [3.8, 4) is 0 Å². The zero-order valence-corrected chi connectivity index (χ0v) is 15.4. The summed E-state index contributed by atoms with van der Waals surface area (Å²) in [6.45, 7) is 1.08. The first-order valence-electron chi connectivity index (χ1n) is 10.4. The normalized spacial score (nSPS) is 24.4. The number of likely N-dealkylation sites (tertiary alicyclic amines) is 1. The highest BCUT2D eigenvalue weighted by molar-refractivity contribution is 5.79. The number of hydrogen-bond donors (Lipinski definition) is 2. The highest BCUT2D eigenvalue weighted by atomic mass is 16.4. The summed E-state index contributed by atoms with van der Waals surface area (Å²) < 4.78 is 0. The molecule has 5 heteroatoms. The van der Waals surface area contributed by atoms with Crippen LogP contribution in [-0.4, -0.2) is 41.1 Å². The maximum Gasteiger partial charge on any atom is 0.407 e. The maximum absolute atomic E-state index is 13.2. The molecule has 0 atom stereocenters. The molecular weight excluding hydrogens is 316 g/mol. The molecule has 1 heterocycles. The molecule has 5 nitrogen and oxygen atoms in total. The van der Waals surface area contributed by atoms with Gasteiger partial charge < -0.3 is 15.3 Å². The van der Waals surface area contributed by atoms with Crippen molar-refractivity contribution in [2.24, 2.45) is 17.8 Å². The van der Waals surface area contributed by atoms with Gasteiger partial charge in [-0.2, -0.15) is 0 Å². The van der Waals surface area contributed by atoms with Gasteiger partial charge in [0.2, 0.25) is 5.91 Å². The fraction of sp³-hybridized carbons (Fsp3) is 0.900. The van der Waals surface area contributed by atoms with Crippen molar-refractivity contribution in [3.05, 3.63) is 0 Å². The van der Waals surface area contributed by atoms with Crippen LogP contribution in [0.1, 0.15) is 77.0 Å². The van der Waals surface area contributed by atoms with Gasteiger partial charge in [-0.05, 0) is 50.4 Å². The third-order valence-corrected chi connectivity index (χ3v) is 6.73. The van der Waals surface area contributed by atoms with E-state index in [2.05, 4.69) is 5.32 Å². The zero-order chi connectivity index (χ0) is 17.6. The molecule has 3 rings (SSSR count). The third-order valence-electron chi connectivity index (χ3n) is 6.73. The molecule has 0 aromatic heterocycles. The van der Waals surface area contributed by atoms with Gasteiger partial charge in [-0.15, -0.1) is 0 Å². The molecule has 1 aliphatic heterocycles. The topological polar surface area (TPSA) is 69.6 Å². The van der Waals surface area contributed by atoms with Crippen molar-refractivity contribution in [3.63, 3.8) is 0 Å². The van der Waals surface area contributed by atoms with Crippen LogP contribution in [0.3, 0.4) is 0 Å². The molecule has 2 saturated carbocycles. The van der Waals surface area contributed by atoms with Crippen LogP contribution in [-0.2, 0) is 4.79 Å². The molecule has 1 saturated heterocycles. The quantitative estimate of drug-likeness (QED) is 0.804. The lowest BCUT2D eigenvalue weighted by molar-refractivity contribution is -0.131. The Labute approximate surface area is 151 Å². The van der Waals surface area contributed by atoms with Crippen LogP contribution in [0.4, 0.5) is 4.79 Å². The van der Waals surface area contributed by atoms with Gasteiger partial charge in [0.15, 0.2) is 0 Å². The number of amides is 2. The Bertz CT molecular complexity index is 430. The number of nitrogens with one attached hydrogen (secondary N) is 1. The van der Waals surface area contributed by atoms with Crippen LogP contribution < -0.4 is 5.32 Å². The van der Waals surface area contributed by atoms with Gasteiger partial charge in [-0.3, -0.25) is 4.79 Å². The minimum absolute atomic E-state index is 0.151. The molecule has 25 heavy (non-hydrogen) atoms. The van der Waals surface area contributed by atoms with Crippen molar-refractivity contribution in [1.82, 2.24) is 10.2 Å².